The number of hydrogen-bond donors (Lipinski definition) is 2. The fraction of sp³-hybridized carbons (Fsp3) is 0.300. The summed E-state index contributed by atoms with van der Waals surface area (Å²) in [6.07, 6.45) is 0.650. The molecule has 0 atom stereocenters. The molecule has 1 amide bonds. The van der Waals surface area contributed by atoms with Gasteiger partial charge >= 0.3 is 0 Å². The summed E-state index contributed by atoms with van der Waals surface area (Å²) in [4.78, 5) is 11.1. The van der Waals surface area contributed by atoms with Crippen molar-refractivity contribution in [3.63, 3.8) is 0 Å². The molecule has 0 aliphatic rings. The van der Waals surface area contributed by atoms with Crippen LogP contribution in [0.15, 0.2) is 16.6 Å². The lowest BCUT2D eigenvalue weighted by Gasteiger charge is -2.10. The summed E-state index contributed by atoms with van der Waals surface area (Å²) < 4.78 is 5.81. The standard InChI is InChI=1S/C10H13BrN2O2/c1-15-9-5-8(11)7(10(13)14)4-6(9)2-3-12/h4-5H,2-3,12H2,1H3,(H2,13,14). The van der Waals surface area contributed by atoms with Crippen molar-refractivity contribution in [2.75, 3.05) is 13.7 Å². The molecule has 0 aliphatic heterocycles. The molecule has 0 fully saturated rings. The van der Waals surface area contributed by atoms with Gasteiger partial charge in [-0.3, -0.25) is 4.79 Å². The number of ether oxygens (including phenoxy) is 1. The quantitative estimate of drug-likeness (QED) is 0.860. The van der Waals surface area contributed by atoms with Gasteiger partial charge in [0.25, 0.3) is 0 Å². The van der Waals surface area contributed by atoms with E-state index in [0.717, 1.165) is 5.56 Å². The maximum Gasteiger partial charge on any atom is 0.249 e. The van der Waals surface area contributed by atoms with Crippen LogP contribution in [0.25, 0.3) is 0 Å². The van der Waals surface area contributed by atoms with Crippen LogP contribution in [0.2, 0.25) is 0 Å². The van der Waals surface area contributed by atoms with Gasteiger partial charge in [0.15, 0.2) is 0 Å². The molecule has 1 aromatic carbocycles. The number of benzene rings is 1. The average Bonchev–Trinajstić information content (AvgIpc) is 2.20. The van der Waals surface area contributed by atoms with Crippen LogP contribution in [0.5, 0.6) is 5.75 Å². The van der Waals surface area contributed by atoms with E-state index >= 15 is 0 Å². The molecule has 0 saturated carbocycles. The van der Waals surface area contributed by atoms with E-state index in [2.05, 4.69) is 15.9 Å². The van der Waals surface area contributed by atoms with Gasteiger partial charge in [0.2, 0.25) is 5.91 Å². The minimum atomic E-state index is -0.470. The molecule has 0 bridgehead atoms. The minimum Gasteiger partial charge on any atom is -0.496 e. The van der Waals surface area contributed by atoms with Gasteiger partial charge in [0, 0.05) is 4.47 Å². The molecule has 0 heterocycles. The highest BCUT2D eigenvalue weighted by atomic mass is 79.9. The van der Waals surface area contributed by atoms with Crippen LogP contribution in [0, 0.1) is 0 Å². The van der Waals surface area contributed by atoms with Crippen LogP contribution in [-0.4, -0.2) is 19.6 Å². The summed E-state index contributed by atoms with van der Waals surface area (Å²) in [5, 5.41) is 0. The molecule has 4 N–H and O–H groups in total. The first-order valence-corrected chi connectivity index (χ1v) is 5.25. The zero-order valence-corrected chi connectivity index (χ0v) is 10.0. The Balaban J connectivity index is 3.23. The second-order valence-corrected chi connectivity index (χ2v) is 3.90. The van der Waals surface area contributed by atoms with Gasteiger partial charge in [0.05, 0.1) is 12.7 Å². The number of primary amides is 1. The van der Waals surface area contributed by atoms with Gasteiger partial charge in [-0.05, 0) is 46.6 Å². The van der Waals surface area contributed by atoms with E-state index in [-0.39, 0.29) is 0 Å². The molecule has 15 heavy (non-hydrogen) atoms. The van der Waals surface area contributed by atoms with Crippen molar-refractivity contribution < 1.29 is 9.53 Å². The largest absolute Gasteiger partial charge is 0.496 e. The third-order valence-electron chi connectivity index (χ3n) is 2.05. The maximum absolute atomic E-state index is 11.1. The fourth-order valence-electron chi connectivity index (χ4n) is 1.33. The normalized spacial score (nSPS) is 10.1. The molecule has 0 unspecified atom stereocenters. The van der Waals surface area contributed by atoms with Gasteiger partial charge in [0.1, 0.15) is 5.75 Å². The summed E-state index contributed by atoms with van der Waals surface area (Å²) in [6, 6.07) is 3.43. The maximum atomic E-state index is 11.1. The van der Waals surface area contributed by atoms with Crippen molar-refractivity contribution in [2.45, 2.75) is 6.42 Å². The topological polar surface area (TPSA) is 78.3 Å². The third-order valence-corrected chi connectivity index (χ3v) is 2.71. The smallest absolute Gasteiger partial charge is 0.249 e. The highest BCUT2D eigenvalue weighted by Gasteiger charge is 2.11. The van der Waals surface area contributed by atoms with Crippen molar-refractivity contribution in [1.29, 1.82) is 0 Å². The predicted octanol–water partition coefficient (Wildman–Crippen LogP) is 1.06. The van der Waals surface area contributed by atoms with Crippen molar-refractivity contribution in [3.8, 4) is 5.75 Å². The van der Waals surface area contributed by atoms with E-state index in [1.807, 2.05) is 0 Å². The molecule has 0 aliphatic carbocycles. The summed E-state index contributed by atoms with van der Waals surface area (Å²) in [6.45, 7) is 0.496. The Morgan fingerprint density at radius 2 is 2.20 bits per heavy atom. The van der Waals surface area contributed by atoms with Gasteiger partial charge in [-0.15, -0.1) is 0 Å². The Labute approximate surface area is 96.7 Å². The van der Waals surface area contributed by atoms with Crippen molar-refractivity contribution in [3.05, 3.63) is 27.7 Å². The number of carbonyl (C=O) groups excluding carboxylic acids is 1. The summed E-state index contributed by atoms with van der Waals surface area (Å²) >= 11 is 3.26. The lowest BCUT2D eigenvalue weighted by Crippen LogP contribution is -2.13. The molecule has 4 nitrogen and oxygen atoms in total. The molecule has 82 valence electrons. The number of halogens is 1. The first-order valence-electron chi connectivity index (χ1n) is 4.46. The monoisotopic (exact) mass is 272 g/mol. The Morgan fingerprint density at radius 1 is 1.53 bits per heavy atom. The summed E-state index contributed by atoms with van der Waals surface area (Å²) in [5.74, 6) is 0.236. The average molecular weight is 273 g/mol. The Kier molecular flexibility index (Phi) is 4.11. The second-order valence-electron chi connectivity index (χ2n) is 3.05. The van der Waals surface area contributed by atoms with Gasteiger partial charge in [-0.1, -0.05) is 0 Å². The van der Waals surface area contributed by atoms with Crippen LogP contribution in [0.4, 0.5) is 0 Å². The van der Waals surface area contributed by atoms with Crippen LogP contribution in [0.3, 0.4) is 0 Å². The van der Waals surface area contributed by atoms with Crippen molar-refractivity contribution in [2.24, 2.45) is 11.5 Å². The van der Waals surface area contributed by atoms with Gasteiger partial charge in [-0.2, -0.15) is 0 Å². The van der Waals surface area contributed by atoms with Gasteiger partial charge < -0.3 is 16.2 Å². The van der Waals surface area contributed by atoms with E-state index in [9.17, 15) is 4.79 Å². The molecule has 0 aromatic heterocycles. The van der Waals surface area contributed by atoms with Crippen LogP contribution in [0.1, 0.15) is 15.9 Å². The number of carbonyl (C=O) groups is 1. The number of hydrogen-bond acceptors (Lipinski definition) is 3. The summed E-state index contributed by atoms with van der Waals surface area (Å²) in [7, 11) is 1.58. The first-order chi connectivity index (χ1) is 7.10. The third kappa shape index (κ3) is 2.70. The van der Waals surface area contributed by atoms with E-state index in [1.54, 1.807) is 19.2 Å². The molecular weight excluding hydrogens is 260 g/mol. The molecule has 0 saturated heterocycles. The molecule has 5 heteroatoms. The minimum absolute atomic E-state index is 0.444. The SMILES string of the molecule is COc1cc(Br)c(C(N)=O)cc1CCN. The van der Waals surface area contributed by atoms with Crippen LogP contribution >= 0.6 is 15.9 Å². The lowest BCUT2D eigenvalue weighted by molar-refractivity contribution is 0.0999. The number of nitrogens with two attached hydrogens (primary N) is 2. The highest BCUT2D eigenvalue weighted by molar-refractivity contribution is 9.10. The van der Waals surface area contributed by atoms with E-state index in [1.165, 1.54) is 0 Å². The van der Waals surface area contributed by atoms with Gasteiger partial charge in [-0.25, -0.2) is 0 Å². The molecule has 0 radical (unpaired) electrons. The predicted molar refractivity (Wildman–Crippen MR) is 62.0 cm³/mol. The Bertz CT molecular complexity index is 380. The molecule has 0 spiro atoms. The second kappa shape index (κ2) is 5.14. The zero-order valence-electron chi connectivity index (χ0n) is 8.42. The van der Waals surface area contributed by atoms with Crippen molar-refractivity contribution >= 4 is 21.8 Å². The molecule has 1 aromatic rings. The highest BCUT2D eigenvalue weighted by Crippen LogP contribution is 2.27. The number of rotatable bonds is 4. The van der Waals surface area contributed by atoms with Crippen molar-refractivity contribution in [1.82, 2.24) is 0 Å². The lowest BCUT2D eigenvalue weighted by atomic mass is 10.1. The number of amides is 1. The fourth-order valence-corrected chi connectivity index (χ4v) is 1.85. The van der Waals surface area contributed by atoms with E-state index in [0.29, 0.717) is 28.8 Å². The molecular formula is C10H13BrN2O2. The van der Waals surface area contributed by atoms with Crippen LogP contribution < -0.4 is 16.2 Å². The Hall–Kier alpha value is -1.07. The molecule has 1 rings (SSSR count). The van der Waals surface area contributed by atoms with E-state index < -0.39 is 5.91 Å². The zero-order chi connectivity index (χ0) is 11.4. The summed E-state index contributed by atoms with van der Waals surface area (Å²) in [5.41, 5.74) is 12.0. The first kappa shape index (κ1) is 12.0. The number of methoxy groups -OCH3 is 1. The Morgan fingerprint density at radius 3 is 2.67 bits per heavy atom. The van der Waals surface area contributed by atoms with Crippen LogP contribution in [-0.2, 0) is 6.42 Å². The van der Waals surface area contributed by atoms with E-state index in [4.69, 9.17) is 16.2 Å².